The Hall–Kier alpha value is -2.90. The summed E-state index contributed by atoms with van der Waals surface area (Å²) in [6.45, 7) is 1.87. The van der Waals surface area contributed by atoms with Crippen molar-refractivity contribution in [1.82, 2.24) is 15.2 Å². The Morgan fingerprint density at radius 1 is 1.10 bits per heavy atom. The first kappa shape index (κ1) is 19.1. The molecule has 1 saturated heterocycles. The number of para-hydroxylation sites is 1. The number of hydrogen-bond acceptors (Lipinski definition) is 7. The number of benzene rings is 2. The van der Waals surface area contributed by atoms with Gasteiger partial charge in [-0.05, 0) is 43.0 Å². The van der Waals surface area contributed by atoms with Crippen LogP contribution >= 0.6 is 23.4 Å². The predicted octanol–water partition coefficient (Wildman–Crippen LogP) is 5.40. The summed E-state index contributed by atoms with van der Waals surface area (Å²) < 4.78 is 11.1. The van der Waals surface area contributed by atoms with Gasteiger partial charge in [0.05, 0.1) is 16.8 Å². The molecule has 150 valence electrons. The lowest BCUT2D eigenvalue weighted by Gasteiger charge is -2.07. The van der Waals surface area contributed by atoms with Crippen molar-refractivity contribution in [1.29, 1.82) is 0 Å². The number of ether oxygens (including phenoxy) is 1. The fraction of sp³-hybridized carbons (Fsp3) is 0.182. The van der Waals surface area contributed by atoms with Crippen molar-refractivity contribution in [3.05, 3.63) is 59.6 Å². The van der Waals surface area contributed by atoms with Gasteiger partial charge in [0, 0.05) is 22.4 Å². The molecular weight excluding hydrogens is 422 g/mol. The molecule has 30 heavy (non-hydrogen) atoms. The van der Waals surface area contributed by atoms with Crippen LogP contribution in [-0.4, -0.2) is 32.5 Å². The lowest BCUT2D eigenvalue weighted by atomic mass is 10.0. The van der Waals surface area contributed by atoms with E-state index in [2.05, 4.69) is 10.2 Å². The number of hydrogen-bond donors (Lipinski definition) is 0. The Bertz CT molecular complexity index is 1240. The van der Waals surface area contributed by atoms with Gasteiger partial charge in [0.15, 0.2) is 0 Å². The zero-order chi connectivity index (χ0) is 20.7. The molecule has 0 amide bonds. The van der Waals surface area contributed by atoms with Crippen LogP contribution in [-0.2, 0) is 9.53 Å². The first-order valence-corrected chi connectivity index (χ1v) is 10.7. The van der Waals surface area contributed by atoms with Crippen LogP contribution in [0, 0.1) is 0 Å². The fourth-order valence-corrected chi connectivity index (χ4v) is 4.53. The minimum Gasteiger partial charge on any atom is -0.462 e. The summed E-state index contributed by atoms with van der Waals surface area (Å²) in [7, 11) is 0. The highest BCUT2D eigenvalue weighted by atomic mass is 35.5. The Kier molecular flexibility index (Phi) is 4.92. The van der Waals surface area contributed by atoms with Gasteiger partial charge < -0.3 is 9.15 Å². The van der Waals surface area contributed by atoms with Gasteiger partial charge in [-0.25, -0.2) is 4.98 Å². The average molecular weight is 438 g/mol. The molecule has 1 aliphatic heterocycles. The summed E-state index contributed by atoms with van der Waals surface area (Å²) in [5.41, 5.74) is 3.32. The van der Waals surface area contributed by atoms with E-state index >= 15 is 0 Å². The third-order valence-electron chi connectivity index (χ3n) is 4.86. The van der Waals surface area contributed by atoms with Crippen molar-refractivity contribution >= 4 is 40.2 Å². The molecule has 0 bridgehead atoms. The van der Waals surface area contributed by atoms with Crippen LogP contribution in [0.2, 0.25) is 5.02 Å². The van der Waals surface area contributed by atoms with Crippen LogP contribution < -0.4 is 0 Å². The first-order chi connectivity index (χ1) is 14.6. The lowest BCUT2D eigenvalue weighted by molar-refractivity contribution is -0.140. The van der Waals surface area contributed by atoms with Crippen molar-refractivity contribution in [3.8, 4) is 22.7 Å². The number of rotatable bonds is 4. The van der Waals surface area contributed by atoms with Crippen molar-refractivity contribution in [2.24, 2.45) is 0 Å². The summed E-state index contributed by atoms with van der Waals surface area (Å²) >= 11 is 7.27. The number of carbonyl (C=O) groups is 1. The normalized spacial score (nSPS) is 18.7. The molecule has 5 rings (SSSR count). The predicted molar refractivity (Wildman–Crippen MR) is 115 cm³/mol. The Morgan fingerprint density at radius 3 is 2.67 bits per heavy atom. The second-order valence-electron chi connectivity index (χ2n) is 7.04. The van der Waals surface area contributed by atoms with Crippen LogP contribution in [0.4, 0.5) is 0 Å². The van der Waals surface area contributed by atoms with E-state index in [9.17, 15) is 4.79 Å². The van der Waals surface area contributed by atoms with Gasteiger partial charge in [-0.2, -0.15) is 0 Å². The van der Waals surface area contributed by atoms with Crippen molar-refractivity contribution < 1.29 is 13.9 Å². The fourth-order valence-electron chi connectivity index (χ4n) is 3.43. The zero-order valence-corrected chi connectivity index (χ0v) is 17.5. The molecule has 1 fully saturated rings. The molecule has 8 heteroatoms. The number of pyridine rings is 1. The van der Waals surface area contributed by atoms with E-state index < -0.39 is 0 Å². The minimum atomic E-state index is -0.327. The Morgan fingerprint density at radius 2 is 1.90 bits per heavy atom. The van der Waals surface area contributed by atoms with Gasteiger partial charge in [-0.1, -0.05) is 41.9 Å². The van der Waals surface area contributed by atoms with Gasteiger partial charge in [0.25, 0.3) is 5.22 Å². The molecule has 3 heterocycles. The number of thioether (sulfide) groups is 1. The third-order valence-corrected chi connectivity index (χ3v) is 6.15. The van der Waals surface area contributed by atoms with Crippen LogP contribution in [0.1, 0.15) is 13.3 Å². The first-order valence-electron chi connectivity index (χ1n) is 9.43. The van der Waals surface area contributed by atoms with Crippen LogP contribution in [0.25, 0.3) is 33.6 Å². The molecule has 2 aromatic heterocycles. The van der Waals surface area contributed by atoms with Crippen molar-refractivity contribution in [2.45, 2.75) is 29.9 Å². The van der Waals surface area contributed by atoms with Crippen LogP contribution in [0.5, 0.6) is 0 Å². The minimum absolute atomic E-state index is 0.0940. The molecule has 0 aliphatic carbocycles. The summed E-state index contributed by atoms with van der Waals surface area (Å²) in [5.74, 6) is 0.136. The Labute approximate surface area is 181 Å². The number of nitrogens with zero attached hydrogens (tertiary/aromatic N) is 3. The molecule has 4 aromatic rings. The van der Waals surface area contributed by atoms with Crippen LogP contribution in [0.15, 0.2) is 64.2 Å². The van der Waals surface area contributed by atoms with Gasteiger partial charge >= 0.3 is 5.97 Å². The summed E-state index contributed by atoms with van der Waals surface area (Å²) in [4.78, 5) is 16.7. The van der Waals surface area contributed by atoms with E-state index in [-0.39, 0.29) is 17.3 Å². The van der Waals surface area contributed by atoms with E-state index in [1.807, 2.05) is 61.5 Å². The lowest BCUT2D eigenvalue weighted by Crippen LogP contribution is -2.09. The summed E-state index contributed by atoms with van der Waals surface area (Å²) in [6, 6.07) is 17.2. The second-order valence-corrected chi connectivity index (χ2v) is 8.63. The van der Waals surface area contributed by atoms with E-state index in [1.54, 1.807) is 0 Å². The monoisotopic (exact) mass is 437 g/mol. The van der Waals surface area contributed by atoms with Crippen molar-refractivity contribution in [3.63, 3.8) is 0 Å². The SMILES string of the molecule is C[C@@H]1C[C@H](Sc2nnc(-c3cc(-c4ccc(Cl)cc4)nc4ccccc34)o2)C(=O)O1. The molecule has 0 spiro atoms. The maximum atomic E-state index is 11.9. The molecule has 2 atom stereocenters. The molecule has 6 nitrogen and oxygen atoms in total. The highest BCUT2D eigenvalue weighted by Gasteiger charge is 2.34. The topological polar surface area (TPSA) is 78.1 Å². The second kappa shape index (κ2) is 7.74. The standard InChI is InChI=1S/C22H16ClN3O3S/c1-12-10-19(21(27)28-12)30-22-26-25-20(29-22)16-11-18(13-6-8-14(23)9-7-13)24-17-5-3-2-4-15(16)17/h2-9,11-12,19H,10H2,1H3/t12-,19+/m1/s1. The smallest absolute Gasteiger partial charge is 0.320 e. The molecule has 0 radical (unpaired) electrons. The number of cyclic esters (lactones) is 1. The number of carbonyl (C=O) groups excluding carboxylic acids is 1. The average Bonchev–Trinajstić information content (AvgIpc) is 3.33. The van der Waals surface area contributed by atoms with Crippen LogP contribution in [0.3, 0.4) is 0 Å². The van der Waals surface area contributed by atoms with E-state index in [0.29, 0.717) is 22.6 Å². The molecule has 2 aromatic carbocycles. The largest absolute Gasteiger partial charge is 0.462 e. The van der Waals surface area contributed by atoms with Gasteiger partial charge in [-0.15, -0.1) is 10.2 Å². The summed E-state index contributed by atoms with van der Waals surface area (Å²) in [6.07, 6.45) is 0.531. The van der Waals surface area contributed by atoms with Gasteiger partial charge in [0.2, 0.25) is 5.89 Å². The molecule has 1 aliphatic rings. The highest BCUT2D eigenvalue weighted by molar-refractivity contribution is 8.00. The number of aromatic nitrogens is 3. The molecular formula is C22H16ClN3O3S. The zero-order valence-electron chi connectivity index (χ0n) is 15.9. The van der Waals surface area contributed by atoms with Gasteiger partial charge in [0.1, 0.15) is 11.4 Å². The number of esters is 1. The maximum Gasteiger partial charge on any atom is 0.320 e. The summed E-state index contributed by atoms with van der Waals surface area (Å²) in [5, 5.41) is 9.96. The van der Waals surface area contributed by atoms with E-state index in [0.717, 1.165) is 27.7 Å². The number of halogens is 1. The molecule has 0 saturated carbocycles. The third kappa shape index (κ3) is 3.66. The maximum absolute atomic E-state index is 11.9. The number of fused-ring (bicyclic) bond motifs is 1. The van der Waals surface area contributed by atoms with Gasteiger partial charge in [-0.3, -0.25) is 4.79 Å². The highest BCUT2D eigenvalue weighted by Crippen LogP contribution is 2.35. The van der Waals surface area contributed by atoms with Crippen molar-refractivity contribution in [2.75, 3.05) is 0 Å². The molecule has 0 unspecified atom stereocenters. The Balaban J connectivity index is 1.54. The molecule has 0 N–H and O–H groups in total. The van der Waals surface area contributed by atoms with E-state index in [4.69, 9.17) is 25.7 Å². The quantitative estimate of drug-likeness (QED) is 0.395. The van der Waals surface area contributed by atoms with E-state index in [1.165, 1.54) is 11.8 Å².